The summed E-state index contributed by atoms with van der Waals surface area (Å²) in [6.45, 7) is 7.71. The number of hydrogen-bond acceptors (Lipinski definition) is 3. The fraction of sp³-hybridized carbons (Fsp3) is 0.412. The molecular formula is C17H23BrN2O. The average Bonchev–Trinajstić information content (AvgIpc) is 2.84. The molecule has 0 saturated carbocycles. The van der Waals surface area contributed by atoms with Crippen LogP contribution in [0.5, 0.6) is 0 Å². The standard InChI is InChI=1S/C17H23BrN2O/c1-4-19-10-14-6-7-15(17(18)9-14)11-20(3)12-16-8-5-13(2)21-16/h5-9,19H,4,10-12H2,1-3H3. The van der Waals surface area contributed by atoms with Crippen LogP contribution in [0.25, 0.3) is 0 Å². The maximum atomic E-state index is 5.62. The second-order valence-electron chi connectivity index (χ2n) is 5.39. The molecule has 1 N–H and O–H groups in total. The molecule has 0 spiro atoms. The van der Waals surface area contributed by atoms with Gasteiger partial charge in [-0.2, -0.15) is 0 Å². The number of halogens is 1. The number of nitrogens with one attached hydrogen (secondary N) is 1. The van der Waals surface area contributed by atoms with Gasteiger partial charge in [-0.3, -0.25) is 4.90 Å². The van der Waals surface area contributed by atoms with Gasteiger partial charge in [0.15, 0.2) is 0 Å². The summed E-state index contributed by atoms with van der Waals surface area (Å²) < 4.78 is 6.79. The molecule has 0 aliphatic carbocycles. The van der Waals surface area contributed by atoms with E-state index in [0.717, 1.165) is 37.7 Å². The van der Waals surface area contributed by atoms with E-state index in [1.54, 1.807) is 0 Å². The van der Waals surface area contributed by atoms with Crippen LogP contribution < -0.4 is 5.32 Å². The normalized spacial score (nSPS) is 11.3. The van der Waals surface area contributed by atoms with E-state index >= 15 is 0 Å². The highest BCUT2D eigenvalue weighted by molar-refractivity contribution is 9.10. The predicted molar refractivity (Wildman–Crippen MR) is 90.1 cm³/mol. The Hall–Kier alpha value is -1.10. The van der Waals surface area contributed by atoms with Crippen molar-refractivity contribution in [1.82, 2.24) is 10.2 Å². The third-order valence-corrected chi connectivity index (χ3v) is 4.10. The summed E-state index contributed by atoms with van der Waals surface area (Å²) in [6, 6.07) is 10.6. The quantitative estimate of drug-likeness (QED) is 0.814. The van der Waals surface area contributed by atoms with Crippen LogP contribution in [0.15, 0.2) is 39.2 Å². The number of furan rings is 1. The molecule has 114 valence electrons. The van der Waals surface area contributed by atoms with E-state index in [1.807, 2.05) is 19.1 Å². The lowest BCUT2D eigenvalue weighted by Crippen LogP contribution is -2.17. The van der Waals surface area contributed by atoms with Crippen LogP contribution in [0.3, 0.4) is 0 Å². The van der Waals surface area contributed by atoms with Crippen molar-refractivity contribution >= 4 is 15.9 Å². The van der Waals surface area contributed by atoms with Crippen molar-refractivity contribution in [3.05, 3.63) is 57.5 Å². The highest BCUT2D eigenvalue weighted by Gasteiger charge is 2.08. The monoisotopic (exact) mass is 350 g/mol. The summed E-state index contributed by atoms with van der Waals surface area (Å²) in [5.74, 6) is 1.97. The van der Waals surface area contributed by atoms with Gasteiger partial charge in [0.1, 0.15) is 11.5 Å². The zero-order chi connectivity index (χ0) is 15.2. The Morgan fingerprint density at radius 1 is 1.19 bits per heavy atom. The van der Waals surface area contributed by atoms with Crippen LogP contribution >= 0.6 is 15.9 Å². The SMILES string of the molecule is CCNCc1ccc(CN(C)Cc2ccc(C)o2)c(Br)c1. The van der Waals surface area contributed by atoms with Gasteiger partial charge in [0, 0.05) is 17.6 Å². The van der Waals surface area contributed by atoms with Gasteiger partial charge < -0.3 is 9.73 Å². The fourth-order valence-electron chi connectivity index (χ4n) is 2.28. The minimum atomic E-state index is 0.819. The lowest BCUT2D eigenvalue weighted by molar-refractivity contribution is 0.285. The Kier molecular flexibility index (Phi) is 6.03. The number of hydrogen-bond donors (Lipinski definition) is 1. The zero-order valence-electron chi connectivity index (χ0n) is 12.9. The van der Waals surface area contributed by atoms with Gasteiger partial charge in [-0.05, 0) is 49.8 Å². The van der Waals surface area contributed by atoms with Gasteiger partial charge in [-0.1, -0.05) is 35.0 Å². The molecule has 0 aliphatic heterocycles. The van der Waals surface area contributed by atoms with Crippen molar-refractivity contribution in [3.8, 4) is 0 Å². The molecule has 0 radical (unpaired) electrons. The smallest absolute Gasteiger partial charge is 0.118 e. The molecule has 0 fully saturated rings. The lowest BCUT2D eigenvalue weighted by Gasteiger charge is -2.17. The first-order valence-corrected chi connectivity index (χ1v) is 8.09. The molecule has 4 heteroatoms. The molecule has 3 nitrogen and oxygen atoms in total. The van der Waals surface area contributed by atoms with Crippen LogP contribution in [0.4, 0.5) is 0 Å². The van der Waals surface area contributed by atoms with Crippen molar-refractivity contribution in [1.29, 1.82) is 0 Å². The molecule has 0 atom stereocenters. The topological polar surface area (TPSA) is 28.4 Å². The van der Waals surface area contributed by atoms with Gasteiger partial charge in [-0.15, -0.1) is 0 Å². The largest absolute Gasteiger partial charge is 0.465 e. The third kappa shape index (κ3) is 4.99. The van der Waals surface area contributed by atoms with Crippen molar-refractivity contribution < 1.29 is 4.42 Å². The van der Waals surface area contributed by atoms with E-state index < -0.39 is 0 Å². The Morgan fingerprint density at radius 2 is 2.00 bits per heavy atom. The number of rotatable bonds is 7. The molecule has 0 bridgehead atoms. The zero-order valence-corrected chi connectivity index (χ0v) is 14.5. The maximum Gasteiger partial charge on any atom is 0.118 e. The van der Waals surface area contributed by atoms with Gasteiger partial charge in [0.05, 0.1) is 6.54 Å². The second kappa shape index (κ2) is 7.78. The second-order valence-corrected chi connectivity index (χ2v) is 6.25. The van der Waals surface area contributed by atoms with E-state index in [2.05, 4.69) is 58.3 Å². The molecule has 0 saturated heterocycles. The summed E-state index contributed by atoms with van der Waals surface area (Å²) in [4.78, 5) is 2.25. The van der Waals surface area contributed by atoms with Gasteiger partial charge in [0.25, 0.3) is 0 Å². The first kappa shape index (κ1) is 16.3. The summed E-state index contributed by atoms with van der Waals surface area (Å²) in [6.07, 6.45) is 0. The highest BCUT2D eigenvalue weighted by Crippen LogP contribution is 2.21. The van der Waals surface area contributed by atoms with Crippen LogP contribution in [0, 0.1) is 6.92 Å². The molecular weight excluding hydrogens is 328 g/mol. The molecule has 2 rings (SSSR count). The van der Waals surface area contributed by atoms with Gasteiger partial charge >= 0.3 is 0 Å². The Bertz CT molecular complexity index is 580. The van der Waals surface area contributed by atoms with Crippen molar-refractivity contribution in [2.75, 3.05) is 13.6 Å². The van der Waals surface area contributed by atoms with E-state index in [0.29, 0.717) is 0 Å². The molecule has 21 heavy (non-hydrogen) atoms. The number of nitrogens with zero attached hydrogens (tertiary/aromatic N) is 1. The molecule has 2 aromatic rings. The lowest BCUT2D eigenvalue weighted by atomic mass is 10.1. The van der Waals surface area contributed by atoms with E-state index in [9.17, 15) is 0 Å². The molecule has 1 heterocycles. The van der Waals surface area contributed by atoms with Crippen molar-refractivity contribution in [3.63, 3.8) is 0 Å². The third-order valence-electron chi connectivity index (χ3n) is 3.36. The Labute approximate surface area is 135 Å². The van der Waals surface area contributed by atoms with E-state index in [-0.39, 0.29) is 0 Å². The number of aryl methyl sites for hydroxylation is 1. The maximum absolute atomic E-state index is 5.62. The average molecular weight is 351 g/mol. The first-order chi connectivity index (χ1) is 10.1. The number of benzene rings is 1. The first-order valence-electron chi connectivity index (χ1n) is 7.30. The van der Waals surface area contributed by atoms with Crippen LogP contribution in [-0.4, -0.2) is 18.5 Å². The predicted octanol–water partition coefficient (Wildman–Crippen LogP) is 4.09. The summed E-state index contributed by atoms with van der Waals surface area (Å²) in [5.41, 5.74) is 2.60. The fourth-order valence-corrected chi connectivity index (χ4v) is 2.83. The van der Waals surface area contributed by atoms with Gasteiger partial charge in [0.2, 0.25) is 0 Å². The molecule has 1 aromatic heterocycles. The molecule has 1 aromatic carbocycles. The van der Waals surface area contributed by atoms with E-state index in [4.69, 9.17) is 4.42 Å². The molecule has 0 aliphatic rings. The highest BCUT2D eigenvalue weighted by atomic mass is 79.9. The molecule has 0 unspecified atom stereocenters. The van der Waals surface area contributed by atoms with Crippen molar-refractivity contribution in [2.24, 2.45) is 0 Å². The Balaban J connectivity index is 1.95. The van der Waals surface area contributed by atoms with Crippen molar-refractivity contribution in [2.45, 2.75) is 33.5 Å². The summed E-state index contributed by atoms with van der Waals surface area (Å²) in [7, 11) is 2.11. The van der Waals surface area contributed by atoms with Gasteiger partial charge in [-0.25, -0.2) is 0 Å². The summed E-state index contributed by atoms with van der Waals surface area (Å²) >= 11 is 3.68. The molecule has 0 amide bonds. The van der Waals surface area contributed by atoms with Crippen LogP contribution in [-0.2, 0) is 19.6 Å². The summed E-state index contributed by atoms with van der Waals surface area (Å²) in [5, 5.41) is 3.34. The minimum Gasteiger partial charge on any atom is -0.465 e. The van der Waals surface area contributed by atoms with Crippen LogP contribution in [0.2, 0.25) is 0 Å². The van der Waals surface area contributed by atoms with E-state index in [1.165, 1.54) is 15.6 Å². The van der Waals surface area contributed by atoms with Crippen LogP contribution in [0.1, 0.15) is 29.6 Å². The minimum absolute atomic E-state index is 0.819. The Morgan fingerprint density at radius 3 is 2.62 bits per heavy atom.